The van der Waals surface area contributed by atoms with E-state index in [9.17, 15) is 4.79 Å². The van der Waals surface area contributed by atoms with Crippen LogP contribution < -0.4 is 10.6 Å². The molecule has 0 aliphatic heterocycles. The van der Waals surface area contributed by atoms with Gasteiger partial charge in [-0.3, -0.25) is 0 Å². The summed E-state index contributed by atoms with van der Waals surface area (Å²) in [5, 5.41) is 7.80. The number of ether oxygens (including phenoxy) is 1. The minimum Gasteiger partial charge on any atom is -0.465 e. The molecule has 2 aliphatic rings. The Morgan fingerprint density at radius 3 is 2.46 bits per heavy atom. The zero-order chi connectivity index (χ0) is 20.4. The zero-order valence-corrected chi connectivity index (χ0v) is 18.4. The van der Waals surface area contributed by atoms with Gasteiger partial charge in [-0.05, 0) is 79.2 Å². The number of hydrogen-bond acceptors (Lipinski definition) is 4. The minimum absolute atomic E-state index is 0.132. The summed E-state index contributed by atoms with van der Waals surface area (Å²) < 4.78 is 4.94. The molecule has 156 valence electrons. The van der Waals surface area contributed by atoms with Crippen molar-refractivity contribution in [2.75, 3.05) is 26.7 Å². The molecule has 1 saturated carbocycles. The van der Waals surface area contributed by atoms with E-state index in [0.29, 0.717) is 17.4 Å². The van der Waals surface area contributed by atoms with Crippen LogP contribution in [0.5, 0.6) is 0 Å². The van der Waals surface area contributed by atoms with Crippen molar-refractivity contribution < 1.29 is 9.53 Å². The molecule has 2 N–H and O–H groups in total. The van der Waals surface area contributed by atoms with Crippen molar-refractivity contribution in [3.8, 4) is 0 Å². The van der Waals surface area contributed by atoms with Crippen LogP contribution in [0, 0.1) is 17.3 Å². The number of carbonyl (C=O) groups excluding carboxylic acids is 1. The van der Waals surface area contributed by atoms with Crippen LogP contribution in [0.1, 0.15) is 68.4 Å². The molecule has 1 aromatic carbocycles. The van der Waals surface area contributed by atoms with Crippen molar-refractivity contribution in [1.82, 2.24) is 10.6 Å². The molecule has 4 nitrogen and oxygen atoms in total. The van der Waals surface area contributed by atoms with E-state index in [2.05, 4.69) is 50.5 Å². The van der Waals surface area contributed by atoms with Crippen LogP contribution in [0.3, 0.4) is 0 Å². The molecule has 3 atom stereocenters. The smallest absolute Gasteiger partial charge is 0.337 e. The fraction of sp³-hybridized carbons (Fsp3) is 0.708. The summed E-state index contributed by atoms with van der Waals surface area (Å²) in [7, 11) is 1.46. The first-order valence-corrected chi connectivity index (χ1v) is 10.9. The monoisotopic (exact) mass is 386 g/mol. The number of carbonyl (C=O) groups is 1. The van der Waals surface area contributed by atoms with Gasteiger partial charge in [0.2, 0.25) is 0 Å². The SMILES string of the molecule is CCCNC[C@@]1(NCC(C)(C)C)[C@@H]2CC[C@H]1Cc1cc(C(=O)OC)ccc1C2. The third kappa shape index (κ3) is 4.44. The van der Waals surface area contributed by atoms with Crippen molar-refractivity contribution in [2.24, 2.45) is 17.3 Å². The van der Waals surface area contributed by atoms with E-state index in [1.807, 2.05) is 6.07 Å². The average molecular weight is 387 g/mol. The first kappa shape index (κ1) is 21.3. The third-order valence-corrected chi connectivity index (χ3v) is 6.67. The van der Waals surface area contributed by atoms with Gasteiger partial charge >= 0.3 is 5.97 Å². The zero-order valence-electron chi connectivity index (χ0n) is 18.4. The van der Waals surface area contributed by atoms with Crippen LogP contribution in [-0.4, -0.2) is 38.3 Å². The van der Waals surface area contributed by atoms with Crippen molar-refractivity contribution in [1.29, 1.82) is 0 Å². The Hall–Kier alpha value is -1.39. The Kier molecular flexibility index (Phi) is 6.51. The molecule has 2 bridgehead atoms. The van der Waals surface area contributed by atoms with Gasteiger partial charge < -0.3 is 15.4 Å². The summed E-state index contributed by atoms with van der Waals surface area (Å²) in [6.45, 7) is 12.3. The molecule has 0 unspecified atom stereocenters. The highest BCUT2D eigenvalue weighted by Crippen LogP contribution is 2.47. The molecule has 1 aromatic rings. The lowest BCUT2D eigenvalue weighted by molar-refractivity contribution is 0.0600. The van der Waals surface area contributed by atoms with Crippen LogP contribution in [0.15, 0.2) is 18.2 Å². The van der Waals surface area contributed by atoms with E-state index in [-0.39, 0.29) is 16.9 Å². The van der Waals surface area contributed by atoms with Crippen LogP contribution in [0.2, 0.25) is 0 Å². The number of rotatable bonds is 7. The van der Waals surface area contributed by atoms with E-state index in [4.69, 9.17) is 4.74 Å². The Morgan fingerprint density at radius 2 is 1.86 bits per heavy atom. The Labute approximate surface area is 170 Å². The van der Waals surface area contributed by atoms with Gasteiger partial charge in [0.1, 0.15) is 0 Å². The van der Waals surface area contributed by atoms with Crippen molar-refractivity contribution in [2.45, 2.75) is 65.3 Å². The number of fused-ring (bicyclic) bond motifs is 3. The number of benzene rings is 1. The van der Waals surface area contributed by atoms with Gasteiger partial charge in [0.15, 0.2) is 0 Å². The molecule has 0 saturated heterocycles. The van der Waals surface area contributed by atoms with Crippen molar-refractivity contribution in [3.63, 3.8) is 0 Å². The molecule has 0 amide bonds. The molecular formula is C24H38N2O2. The molecule has 4 heteroatoms. The van der Waals surface area contributed by atoms with Gasteiger partial charge in [-0.15, -0.1) is 0 Å². The van der Waals surface area contributed by atoms with Crippen molar-refractivity contribution in [3.05, 3.63) is 34.9 Å². The van der Waals surface area contributed by atoms with Crippen molar-refractivity contribution >= 4 is 5.97 Å². The molecular weight excluding hydrogens is 348 g/mol. The summed E-state index contributed by atoms with van der Waals surface area (Å²) >= 11 is 0. The second kappa shape index (κ2) is 8.54. The molecule has 0 spiro atoms. The van der Waals surface area contributed by atoms with E-state index in [1.165, 1.54) is 31.1 Å². The molecule has 1 fully saturated rings. The largest absolute Gasteiger partial charge is 0.465 e. The van der Waals surface area contributed by atoms with E-state index in [1.54, 1.807) is 0 Å². The molecule has 0 radical (unpaired) electrons. The van der Waals surface area contributed by atoms with Crippen LogP contribution in [-0.2, 0) is 17.6 Å². The summed E-state index contributed by atoms with van der Waals surface area (Å²) in [6, 6.07) is 6.18. The van der Waals surface area contributed by atoms with Crippen LogP contribution in [0.4, 0.5) is 0 Å². The summed E-state index contributed by atoms with van der Waals surface area (Å²) in [5.74, 6) is 0.992. The van der Waals surface area contributed by atoms with Crippen LogP contribution in [0.25, 0.3) is 0 Å². The highest BCUT2D eigenvalue weighted by molar-refractivity contribution is 5.89. The van der Waals surface area contributed by atoms with Gasteiger partial charge in [-0.1, -0.05) is 33.8 Å². The molecule has 3 rings (SSSR count). The maximum absolute atomic E-state index is 12.0. The first-order chi connectivity index (χ1) is 13.3. The lowest BCUT2D eigenvalue weighted by Gasteiger charge is -2.42. The van der Waals surface area contributed by atoms with E-state index < -0.39 is 0 Å². The van der Waals surface area contributed by atoms with Crippen LogP contribution >= 0.6 is 0 Å². The molecule has 2 aliphatic carbocycles. The van der Waals surface area contributed by atoms with Gasteiger partial charge in [-0.25, -0.2) is 4.79 Å². The second-order valence-corrected chi connectivity index (χ2v) is 9.99. The fourth-order valence-corrected chi connectivity index (χ4v) is 5.15. The predicted octanol–water partition coefficient (Wildman–Crippen LogP) is 3.97. The van der Waals surface area contributed by atoms with E-state index >= 15 is 0 Å². The maximum atomic E-state index is 12.0. The summed E-state index contributed by atoms with van der Waals surface area (Å²) in [4.78, 5) is 12.0. The third-order valence-electron chi connectivity index (χ3n) is 6.67. The molecule has 28 heavy (non-hydrogen) atoms. The Bertz CT molecular complexity index is 694. The number of methoxy groups -OCH3 is 1. The lowest BCUT2D eigenvalue weighted by atomic mass is 9.77. The topological polar surface area (TPSA) is 50.4 Å². The summed E-state index contributed by atoms with van der Waals surface area (Å²) in [5.41, 5.74) is 3.82. The highest BCUT2D eigenvalue weighted by atomic mass is 16.5. The number of nitrogens with one attached hydrogen (secondary N) is 2. The fourth-order valence-electron chi connectivity index (χ4n) is 5.15. The molecule has 0 aromatic heterocycles. The predicted molar refractivity (Wildman–Crippen MR) is 115 cm³/mol. The highest BCUT2D eigenvalue weighted by Gasteiger charge is 2.51. The summed E-state index contributed by atoms with van der Waals surface area (Å²) in [6.07, 6.45) is 5.85. The van der Waals surface area contributed by atoms with E-state index in [0.717, 1.165) is 38.9 Å². The van der Waals surface area contributed by atoms with Gasteiger partial charge in [0.25, 0.3) is 0 Å². The van der Waals surface area contributed by atoms with Gasteiger partial charge in [-0.2, -0.15) is 0 Å². The van der Waals surface area contributed by atoms with Gasteiger partial charge in [0, 0.05) is 18.6 Å². The standard InChI is InChI=1S/C24H38N2O2/c1-6-11-25-16-24(26-15-23(2,3)4)20-9-10-21(24)14-19-12-18(22(27)28-5)8-7-17(19)13-20/h7-8,12,20-21,25-26H,6,9-11,13-16H2,1-5H3/t20-,21+,24-/m1/s1. The number of esters is 1. The number of hydrogen-bond donors (Lipinski definition) is 2. The first-order valence-electron chi connectivity index (χ1n) is 10.9. The van der Waals surface area contributed by atoms with Gasteiger partial charge in [0.05, 0.1) is 12.7 Å². The average Bonchev–Trinajstić information content (AvgIpc) is 2.89. The Morgan fingerprint density at radius 1 is 1.18 bits per heavy atom. The normalized spacial score (nSPS) is 26.6. The second-order valence-electron chi connectivity index (χ2n) is 9.99. The Balaban J connectivity index is 1.90. The molecule has 0 heterocycles. The lowest BCUT2D eigenvalue weighted by Crippen LogP contribution is -2.61. The minimum atomic E-state index is -0.237. The maximum Gasteiger partial charge on any atom is 0.337 e. The quantitative estimate of drug-likeness (QED) is 0.550.